The van der Waals surface area contributed by atoms with E-state index in [0.717, 1.165) is 0 Å². The Kier molecular flexibility index (Phi) is 7.92. The zero-order chi connectivity index (χ0) is 26.7. The molecule has 0 spiro atoms. The van der Waals surface area contributed by atoms with Gasteiger partial charge in [-0.15, -0.1) is 0 Å². The second kappa shape index (κ2) is 11.1. The summed E-state index contributed by atoms with van der Waals surface area (Å²) < 4.78 is 22.4. The van der Waals surface area contributed by atoms with E-state index in [1.165, 1.54) is 18.9 Å². The van der Waals surface area contributed by atoms with Gasteiger partial charge in [0.05, 0.1) is 43.2 Å². The van der Waals surface area contributed by atoms with Crippen molar-refractivity contribution in [2.75, 3.05) is 20.8 Å². The number of amides is 1. The van der Waals surface area contributed by atoms with Crippen LogP contribution in [-0.4, -0.2) is 54.9 Å². The molecule has 9 heteroatoms. The molecule has 0 aromatic heterocycles. The largest absolute Gasteiger partial charge is 0.493 e. The molecule has 0 N–H and O–H groups in total. The number of hydrogen-bond acceptors (Lipinski definition) is 8. The Labute approximate surface area is 220 Å². The van der Waals surface area contributed by atoms with Gasteiger partial charge in [-0.1, -0.05) is 36.0 Å². The first kappa shape index (κ1) is 26.3. The number of hydrogen-bond donors (Lipinski definition) is 0. The van der Waals surface area contributed by atoms with E-state index in [1.807, 2.05) is 63.2 Å². The second-order valence-corrected chi connectivity index (χ2v) is 9.63. The number of carbonyl (C=O) groups excluding carboxylic acids is 2. The smallest absolute Gasteiger partial charge is 0.341 e. The molecule has 1 amide bonds. The summed E-state index contributed by atoms with van der Waals surface area (Å²) in [6, 6.07) is 12.9. The SMILES string of the molecule is CCOc1c(/C=C2\S[C@@H]3N=C(C)C(C(=O)OC)=C(c4ccccc4OC(C)C)N3C2=O)cccc1OC. The van der Waals surface area contributed by atoms with Gasteiger partial charge in [-0.2, -0.15) is 0 Å². The highest BCUT2D eigenvalue weighted by Crippen LogP contribution is 2.47. The monoisotopic (exact) mass is 522 g/mol. The van der Waals surface area contributed by atoms with Gasteiger partial charge in [-0.3, -0.25) is 14.7 Å². The molecule has 1 atom stereocenters. The number of benzene rings is 2. The number of carbonyl (C=O) groups is 2. The quantitative estimate of drug-likeness (QED) is 0.350. The third-order valence-electron chi connectivity index (χ3n) is 5.73. The maximum atomic E-state index is 13.9. The molecule has 4 rings (SSSR count). The second-order valence-electron chi connectivity index (χ2n) is 8.53. The lowest BCUT2D eigenvalue weighted by Gasteiger charge is -2.31. The fraction of sp³-hybridized carbons (Fsp3) is 0.321. The summed E-state index contributed by atoms with van der Waals surface area (Å²) >= 11 is 1.31. The predicted octanol–water partition coefficient (Wildman–Crippen LogP) is 5.14. The van der Waals surface area contributed by atoms with Crippen molar-refractivity contribution < 1.29 is 28.5 Å². The lowest BCUT2D eigenvalue weighted by Crippen LogP contribution is -2.37. The van der Waals surface area contributed by atoms with Gasteiger partial charge in [0.2, 0.25) is 0 Å². The predicted molar refractivity (Wildman–Crippen MR) is 145 cm³/mol. The maximum Gasteiger partial charge on any atom is 0.341 e. The van der Waals surface area contributed by atoms with E-state index < -0.39 is 11.5 Å². The van der Waals surface area contributed by atoms with Gasteiger partial charge < -0.3 is 18.9 Å². The Balaban J connectivity index is 1.87. The molecule has 194 valence electrons. The molecule has 0 saturated carbocycles. The van der Waals surface area contributed by atoms with Gasteiger partial charge in [-0.05, 0) is 52.0 Å². The van der Waals surface area contributed by atoms with Crippen LogP contribution in [-0.2, 0) is 14.3 Å². The summed E-state index contributed by atoms with van der Waals surface area (Å²) in [7, 11) is 2.89. The maximum absolute atomic E-state index is 13.9. The van der Waals surface area contributed by atoms with Gasteiger partial charge in [-0.25, -0.2) is 4.79 Å². The summed E-state index contributed by atoms with van der Waals surface area (Å²) in [6.45, 7) is 7.92. The molecular weight excluding hydrogens is 492 g/mol. The van der Waals surface area contributed by atoms with Crippen molar-refractivity contribution >= 4 is 41.1 Å². The van der Waals surface area contributed by atoms with Crippen LogP contribution in [0.4, 0.5) is 0 Å². The van der Waals surface area contributed by atoms with Crippen LogP contribution in [0.25, 0.3) is 11.8 Å². The van der Waals surface area contributed by atoms with Crippen LogP contribution in [0, 0.1) is 0 Å². The number of ether oxygens (including phenoxy) is 4. The van der Waals surface area contributed by atoms with Crippen molar-refractivity contribution in [3.05, 3.63) is 64.1 Å². The third-order valence-corrected chi connectivity index (χ3v) is 6.80. The number of nitrogens with zero attached hydrogens (tertiary/aromatic N) is 2. The average molecular weight is 523 g/mol. The Hall–Kier alpha value is -3.72. The number of para-hydroxylation sites is 2. The number of fused-ring (bicyclic) bond motifs is 1. The Morgan fingerprint density at radius 2 is 1.86 bits per heavy atom. The number of aliphatic imine (C=N–C) groups is 1. The van der Waals surface area contributed by atoms with Crippen LogP contribution >= 0.6 is 11.8 Å². The van der Waals surface area contributed by atoms with Crippen molar-refractivity contribution in [3.8, 4) is 17.2 Å². The van der Waals surface area contributed by atoms with E-state index in [1.54, 1.807) is 25.0 Å². The molecule has 0 unspecified atom stereocenters. The Morgan fingerprint density at radius 3 is 2.54 bits per heavy atom. The van der Waals surface area contributed by atoms with Gasteiger partial charge in [0, 0.05) is 11.1 Å². The van der Waals surface area contributed by atoms with Crippen molar-refractivity contribution in [2.45, 2.75) is 39.3 Å². The first-order valence-electron chi connectivity index (χ1n) is 12.0. The summed E-state index contributed by atoms with van der Waals surface area (Å²) in [5.41, 5.74) is 1.86. The Bertz CT molecular complexity index is 1310. The number of thioether (sulfide) groups is 1. The van der Waals surface area contributed by atoms with Gasteiger partial charge in [0.1, 0.15) is 11.3 Å². The van der Waals surface area contributed by atoms with Gasteiger partial charge >= 0.3 is 5.97 Å². The van der Waals surface area contributed by atoms with Crippen LogP contribution in [0.3, 0.4) is 0 Å². The van der Waals surface area contributed by atoms with E-state index in [9.17, 15) is 9.59 Å². The van der Waals surface area contributed by atoms with E-state index >= 15 is 0 Å². The normalized spacial score (nSPS) is 18.2. The lowest BCUT2D eigenvalue weighted by atomic mass is 9.99. The molecule has 0 bridgehead atoms. The fourth-order valence-corrected chi connectivity index (χ4v) is 5.37. The summed E-state index contributed by atoms with van der Waals surface area (Å²) in [5.74, 6) is 0.832. The van der Waals surface area contributed by atoms with Crippen molar-refractivity contribution in [1.29, 1.82) is 0 Å². The molecule has 1 saturated heterocycles. The summed E-state index contributed by atoms with van der Waals surface area (Å²) in [4.78, 5) is 33.6. The van der Waals surface area contributed by atoms with E-state index in [0.29, 0.717) is 51.3 Å². The van der Waals surface area contributed by atoms with Crippen LogP contribution in [0.5, 0.6) is 17.2 Å². The first-order valence-corrected chi connectivity index (χ1v) is 12.8. The van der Waals surface area contributed by atoms with Crippen molar-refractivity contribution in [3.63, 3.8) is 0 Å². The number of methoxy groups -OCH3 is 2. The molecule has 37 heavy (non-hydrogen) atoms. The summed E-state index contributed by atoms with van der Waals surface area (Å²) in [6.07, 6.45) is 1.66. The van der Waals surface area contributed by atoms with E-state index in [-0.39, 0.29) is 17.6 Å². The third kappa shape index (κ3) is 5.09. The zero-order valence-corrected chi connectivity index (χ0v) is 22.5. The highest BCUT2D eigenvalue weighted by atomic mass is 32.2. The molecule has 2 heterocycles. The molecule has 0 radical (unpaired) electrons. The van der Waals surface area contributed by atoms with Crippen molar-refractivity contribution in [1.82, 2.24) is 4.90 Å². The van der Waals surface area contributed by atoms with Gasteiger partial charge in [0.25, 0.3) is 5.91 Å². The minimum Gasteiger partial charge on any atom is -0.493 e. The van der Waals surface area contributed by atoms with E-state index in [2.05, 4.69) is 4.99 Å². The lowest BCUT2D eigenvalue weighted by molar-refractivity contribution is -0.135. The number of esters is 1. The number of rotatable bonds is 8. The molecular formula is C28H30N2O6S. The van der Waals surface area contributed by atoms with Gasteiger partial charge in [0.15, 0.2) is 17.0 Å². The minimum absolute atomic E-state index is 0.110. The van der Waals surface area contributed by atoms with Crippen LogP contribution in [0.2, 0.25) is 0 Å². The molecule has 0 aliphatic carbocycles. The first-order chi connectivity index (χ1) is 17.8. The topological polar surface area (TPSA) is 86.7 Å². The van der Waals surface area contributed by atoms with Crippen molar-refractivity contribution in [2.24, 2.45) is 4.99 Å². The molecule has 2 aliphatic heterocycles. The average Bonchev–Trinajstić information content (AvgIpc) is 3.18. The molecule has 2 aromatic rings. The van der Waals surface area contributed by atoms with Crippen LogP contribution in [0.1, 0.15) is 38.8 Å². The fourth-order valence-electron chi connectivity index (χ4n) is 4.23. The van der Waals surface area contributed by atoms with E-state index in [4.69, 9.17) is 18.9 Å². The molecule has 1 fully saturated rings. The standard InChI is InChI=1S/C28H30N2O6S/c1-7-35-25-18(11-10-14-21(25)33-5)15-22-26(31)30-24(19-12-8-9-13-20(19)36-16(2)3)23(27(32)34-6)17(4)29-28(30)37-22/h8-16,28H,7H2,1-6H3/b22-15-/t28-/m1/s1. The van der Waals surface area contributed by atoms with Crippen LogP contribution < -0.4 is 14.2 Å². The summed E-state index contributed by atoms with van der Waals surface area (Å²) in [5, 5.41) is 0. The minimum atomic E-state index is -0.588. The molecule has 2 aromatic carbocycles. The Morgan fingerprint density at radius 1 is 1.14 bits per heavy atom. The van der Waals surface area contributed by atoms with Crippen LogP contribution in [0.15, 0.2) is 57.9 Å². The molecule has 8 nitrogen and oxygen atoms in total. The molecule has 2 aliphatic rings. The zero-order valence-electron chi connectivity index (χ0n) is 21.7. The highest BCUT2D eigenvalue weighted by Gasteiger charge is 2.45. The highest BCUT2D eigenvalue weighted by molar-refractivity contribution is 8.05.